The molecule has 0 bridgehead atoms. The lowest BCUT2D eigenvalue weighted by molar-refractivity contribution is -0.144. The maximum absolute atomic E-state index is 11.9. The average Bonchev–Trinajstić information content (AvgIpc) is 2.96. The summed E-state index contributed by atoms with van der Waals surface area (Å²) in [7, 11) is 0. The topological polar surface area (TPSA) is 65.9 Å². The van der Waals surface area contributed by atoms with Gasteiger partial charge in [-0.3, -0.25) is 4.79 Å². The van der Waals surface area contributed by atoms with E-state index >= 15 is 0 Å². The highest BCUT2D eigenvalue weighted by Gasteiger charge is 2.32. The molecule has 4 heteroatoms. The van der Waals surface area contributed by atoms with E-state index in [9.17, 15) is 4.79 Å². The van der Waals surface area contributed by atoms with Gasteiger partial charge in [0.05, 0.1) is 24.2 Å². The number of carbonyl (C=O) groups excluding carboxylic acids is 1. The van der Waals surface area contributed by atoms with E-state index in [1.165, 1.54) is 0 Å². The minimum absolute atomic E-state index is 0.159. The van der Waals surface area contributed by atoms with E-state index in [0.717, 1.165) is 35.0 Å². The molecular weight excluding hydrogens is 240 g/mol. The van der Waals surface area contributed by atoms with Gasteiger partial charge in [0, 0.05) is 16.6 Å². The molecule has 1 aromatic carbocycles. The number of aromatic nitrogens is 1. The highest BCUT2D eigenvalue weighted by Crippen LogP contribution is 2.38. The van der Waals surface area contributed by atoms with Crippen LogP contribution in [-0.4, -0.2) is 17.6 Å². The zero-order valence-electron chi connectivity index (χ0n) is 10.7. The number of aryl methyl sites for hydroxylation is 1. The van der Waals surface area contributed by atoms with Crippen molar-refractivity contribution in [2.75, 3.05) is 6.61 Å². The van der Waals surface area contributed by atoms with Crippen molar-refractivity contribution < 1.29 is 9.53 Å². The summed E-state index contributed by atoms with van der Waals surface area (Å²) in [5.41, 5.74) is 3.75. The third kappa shape index (κ3) is 1.78. The first-order valence-corrected chi connectivity index (χ1v) is 6.45. The van der Waals surface area contributed by atoms with Crippen LogP contribution in [0.1, 0.15) is 36.1 Å². The van der Waals surface area contributed by atoms with Crippen LogP contribution in [0.4, 0.5) is 0 Å². The van der Waals surface area contributed by atoms with Gasteiger partial charge in [-0.05, 0) is 43.5 Å². The zero-order valence-corrected chi connectivity index (χ0v) is 10.7. The fourth-order valence-electron chi connectivity index (χ4n) is 2.82. The van der Waals surface area contributed by atoms with Crippen molar-refractivity contribution >= 4 is 16.9 Å². The molecule has 1 heterocycles. The summed E-state index contributed by atoms with van der Waals surface area (Å²) < 4.78 is 5.11. The largest absolute Gasteiger partial charge is 0.465 e. The van der Waals surface area contributed by atoms with E-state index in [1.807, 2.05) is 19.1 Å². The van der Waals surface area contributed by atoms with Crippen LogP contribution < -0.4 is 0 Å². The van der Waals surface area contributed by atoms with E-state index in [4.69, 9.17) is 10.00 Å². The molecule has 1 aliphatic carbocycles. The van der Waals surface area contributed by atoms with E-state index in [2.05, 4.69) is 11.1 Å². The molecule has 2 aromatic rings. The second-order valence-electron chi connectivity index (χ2n) is 4.73. The summed E-state index contributed by atoms with van der Waals surface area (Å²) in [6, 6.07) is 7.72. The number of nitrogens with zero attached hydrogens (tertiary/aromatic N) is 1. The van der Waals surface area contributed by atoms with Crippen molar-refractivity contribution in [3.8, 4) is 6.07 Å². The number of hydrogen-bond donors (Lipinski definition) is 1. The lowest BCUT2D eigenvalue weighted by Crippen LogP contribution is -2.13. The first-order chi connectivity index (χ1) is 9.24. The number of esters is 1. The molecular formula is C15H14N2O2. The molecule has 1 aromatic heterocycles. The number of ether oxygens (including phenoxy) is 1. The molecule has 19 heavy (non-hydrogen) atoms. The van der Waals surface area contributed by atoms with Crippen LogP contribution in [0.2, 0.25) is 0 Å². The lowest BCUT2D eigenvalue weighted by Gasteiger charge is -2.08. The lowest BCUT2D eigenvalue weighted by atomic mass is 10.1. The van der Waals surface area contributed by atoms with E-state index in [1.54, 1.807) is 6.07 Å². The molecule has 0 aliphatic heterocycles. The highest BCUT2D eigenvalue weighted by molar-refractivity contribution is 5.90. The second-order valence-corrected chi connectivity index (χ2v) is 4.73. The van der Waals surface area contributed by atoms with E-state index in [-0.39, 0.29) is 11.9 Å². The van der Waals surface area contributed by atoms with Gasteiger partial charge < -0.3 is 9.72 Å². The number of rotatable bonds is 2. The van der Waals surface area contributed by atoms with Crippen LogP contribution in [-0.2, 0) is 16.0 Å². The molecule has 1 unspecified atom stereocenters. The molecule has 3 rings (SSSR count). The normalized spacial score (nSPS) is 17.2. The molecule has 0 saturated heterocycles. The molecule has 0 spiro atoms. The number of H-pyrrole nitrogens is 1. The van der Waals surface area contributed by atoms with Gasteiger partial charge in [0.1, 0.15) is 0 Å². The van der Waals surface area contributed by atoms with Gasteiger partial charge in [0.15, 0.2) is 0 Å². The van der Waals surface area contributed by atoms with E-state index < -0.39 is 0 Å². The first kappa shape index (κ1) is 11.8. The summed E-state index contributed by atoms with van der Waals surface area (Å²) >= 11 is 0. The van der Waals surface area contributed by atoms with Crippen molar-refractivity contribution in [2.45, 2.75) is 25.7 Å². The van der Waals surface area contributed by atoms with Gasteiger partial charge in [-0.2, -0.15) is 5.26 Å². The molecule has 1 aliphatic rings. The summed E-state index contributed by atoms with van der Waals surface area (Å²) in [6.45, 7) is 2.22. The maximum atomic E-state index is 11.9. The van der Waals surface area contributed by atoms with Gasteiger partial charge in [0.25, 0.3) is 0 Å². The molecule has 0 fully saturated rings. The quantitative estimate of drug-likeness (QED) is 0.838. The van der Waals surface area contributed by atoms with Crippen LogP contribution in [0.25, 0.3) is 10.9 Å². The monoisotopic (exact) mass is 254 g/mol. The van der Waals surface area contributed by atoms with Crippen LogP contribution in [0.3, 0.4) is 0 Å². The third-order valence-electron chi connectivity index (χ3n) is 3.67. The van der Waals surface area contributed by atoms with E-state index in [0.29, 0.717) is 12.2 Å². The Balaban J connectivity index is 2.07. The molecule has 1 atom stereocenters. The minimum atomic E-state index is -0.187. The van der Waals surface area contributed by atoms with Gasteiger partial charge in [-0.15, -0.1) is 0 Å². The maximum Gasteiger partial charge on any atom is 0.314 e. The van der Waals surface area contributed by atoms with Gasteiger partial charge in [-0.1, -0.05) is 0 Å². The Morgan fingerprint density at radius 1 is 1.58 bits per heavy atom. The molecule has 0 saturated carbocycles. The standard InChI is InChI=1S/C15H14N2O2/c1-2-19-15(18)11-5-4-10-12-7-9(8-16)3-6-13(12)17-14(10)11/h3,6-7,11,17H,2,4-5H2,1H3. The number of hydrogen-bond acceptors (Lipinski definition) is 3. The number of fused-ring (bicyclic) bond motifs is 3. The summed E-state index contributed by atoms with van der Waals surface area (Å²) in [5.74, 6) is -0.346. The number of aromatic amines is 1. The predicted molar refractivity (Wildman–Crippen MR) is 70.7 cm³/mol. The molecule has 0 radical (unpaired) electrons. The Morgan fingerprint density at radius 2 is 2.42 bits per heavy atom. The average molecular weight is 254 g/mol. The van der Waals surface area contributed by atoms with Gasteiger partial charge in [0.2, 0.25) is 0 Å². The van der Waals surface area contributed by atoms with Crippen LogP contribution in [0.15, 0.2) is 18.2 Å². The van der Waals surface area contributed by atoms with Gasteiger partial charge in [-0.25, -0.2) is 0 Å². The van der Waals surface area contributed by atoms with Crippen molar-refractivity contribution in [1.82, 2.24) is 4.98 Å². The fourth-order valence-corrected chi connectivity index (χ4v) is 2.82. The fraction of sp³-hybridized carbons (Fsp3) is 0.333. The number of nitriles is 1. The minimum Gasteiger partial charge on any atom is -0.465 e. The zero-order chi connectivity index (χ0) is 13.4. The molecule has 96 valence electrons. The Bertz CT molecular complexity index is 694. The Morgan fingerprint density at radius 3 is 3.16 bits per heavy atom. The van der Waals surface area contributed by atoms with Crippen molar-refractivity contribution in [3.05, 3.63) is 35.0 Å². The Hall–Kier alpha value is -2.28. The third-order valence-corrected chi connectivity index (χ3v) is 3.67. The van der Waals surface area contributed by atoms with Crippen molar-refractivity contribution in [2.24, 2.45) is 0 Å². The number of benzene rings is 1. The SMILES string of the molecule is CCOC(=O)C1CCc2c1[nH]c1ccc(C#N)cc21. The van der Waals surface area contributed by atoms with Crippen LogP contribution in [0.5, 0.6) is 0 Å². The Labute approximate surface area is 111 Å². The van der Waals surface area contributed by atoms with Crippen molar-refractivity contribution in [1.29, 1.82) is 5.26 Å². The summed E-state index contributed by atoms with van der Waals surface area (Å²) in [4.78, 5) is 15.2. The van der Waals surface area contributed by atoms with Crippen molar-refractivity contribution in [3.63, 3.8) is 0 Å². The molecule has 1 N–H and O–H groups in total. The van der Waals surface area contributed by atoms with Gasteiger partial charge >= 0.3 is 5.97 Å². The molecule has 4 nitrogen and oxygen atoms in total. The molecule has 0 amide bonds. The van der Waals surface area contributed by atoms with Crippen LogP contribution in [0, 0.1) is 11.3 Å². The smallest absolute Gasteiger partial charge is 0.314 e. The number of carbonyl (C=O) groups is 1. The number of nitrogens with one attached hydrogen (secondary N) is 1. The summed E-state index contributed by atoms with van der Waals surface area (Å²) in [6.07, 6.45) is 1.64. The van der Waals surface area contributed by atoms with Crippen LogP contribution >= 0.6 is 0 Å². The highest BCUT2D eigenvalue weighted by atomic mass is 16.5. The first-order valence-electron chi connectivity index (χ1n) is 6.45. The second kappa shape index (κ2) is 4.43. The summed E-state index contributed by atoms with van der Waals surface area (Å²) in [5, 5.41) is 10.0. The predicted octanol–water partition coefficient (Wildman–Crippen LogP) is 2.63. The Kier molecular flexibility index (Phi) is 2.75.